The van der Waals surface area contributed by atoms with Crippen LogP contribution in [0, 0.1) is 0 Å². The molecule has 2 heterocycles. The smallest absolute Gasteiger partial charge is 0.450 e. The van der Waals surface area contributed by atoms with Gasteiger partial charge < -0.3 is 10.1 Å². The molecule has 7 heteroatoms. The molecule has 0 amide bonds. The van der Waals surface area contributed by atoms with Crippen LogP contribution in [0.3, 0.4) is 0 Å². The molecular formula is C14H14F3N3O. The normalized spacial score (nSPS) is 14.9. The van der Waals surface area contributed by atoms with Gasteiger partial charge in [-0.2, -0.15) is 13.2 Å². The van der Waals surface area contributed by atoms with Crippen molar-refractivity contribution < 1.29 is 17.9 Å². The van der Waals surface area contributed by atoms with Gasteiger partial charge >= 0.3 is 6.18 Å². The molecule has 2 aromatic rings. The van der Waals surface area contributed by atoms with Gasteiger partial charge in [-0.1, -0.05) is 12.1 Å². The average molecular weight is 297 g/mol. The maximum absolute atomic E-state index is 13.3. The molecule has 1 aliphatic rings. The number of hydrogen-bond donors (Lipinski definition) is 1. The Morgan fingerprint density at radius 1 is 1.29 bits per heavy atom. The largest absolute Gasteiger partial charge is 0.495 e. The van der Waals surface area contributed by atoms with Crippen LogP contribution >= 0.6 is 0 Å². The standard InChI is InChI=1S/C14H14F3N3O/c1-21-12-5-3-2-4-11(12)20-10-6-7-18-8-9(10)19-13(20)14(15,16)17/h2-5,18H,6-8H2,1H3. The van der Waals surface area contributed by atoms with E-state index < -0.39 is 12.0 Å². The molecule has 1 aromatic carbocycles. The lowest BCUT2D eigenvalue weighted by atomic mass is 10.1. The van der Waals surface area contributed by atoms with Crippen LogP contribution in [0.5, 0.6) is 5.75 Å². The number of imidazole rings is 1. The molecule has 3 rings (SSSR count). The van der Waals surface area contributed by atoms with E-state index in [-0.39, 0.29) is 0 Å². The number of para-hydroxylation sites is 2. The first-order valence-electron chi connectivity index (χ1n) is 6.54. The molecule has 112 valence electrons. The van der Waals surface area contributed by atoms with Gasteiger partial charge in [0.05, 0.1) is 18.5 Å². The lowest BCUT2D eigenvalue weighted by molar-refractivity contribution is -0.146. The summed E-state index contributed by atoms with van der Waals surface area (Å²) in [6.07, 6.45) is -4.02. The third kappa shape index (κ3) is 2.37. The summed E-state index contributed by atoms with van der Waals surface area (Å²) in [5.41, 5.74) is 1.40. The molecular weight excluding hydrogens is 283 g/mol. The van der Waals surface area contributed by atoms with E-state index in [1.165, 1.54) is 11.7 Å². The van der Waals surface area contributed by atoms with E-state index in [1.54, 1.807) is 24.3 Å². The van der Waals surface area contributed by atoms with E-state index in [2.05, 4.69) is 10.3 Å². The van der Waals surface area contributed by atoms with Gasteiger partial charge in [0.2, 0.25) is 5.82 Å². The quantitative estimate of drug-likeness (QED) is 0.926. The third-order valence-electron chi connectivity index (χ3n) is 3.47. The van der Waals surface area contributed by atoms with Crippen LogP contribution in [-0.4, -0.2) is 23.2 Å². The van der Waals surface area contributed by atoms with Gasteiger partial charge in [-0.25, -0.2) is 4.98 Å². The average Bonchev–Trinajstić information content (AvgIpc) is 2.86. The van der Waals surface area contributed by atoms with Crippen molar-refractivity contribution in [3.63, 3.8) is 0 Å². The summed E-state index contributed by atoms with van der Waals surface area (Å²) in [4.78, 5) is 3.79. The Hall–Kier alpha value is -2.02. The zero-order chi connectivity index (χ0) is 15.0. The van der Waals surface area contributed by atoms with Crippen molar-refractivity contribution in [1.82, 2.24) is 14.9 Å². The molecule has 21 heavy (non-hydrogen) atoms. The molecule has 1 aliphatic heterocycles. The molecule has 1 N–H and O–H groups in total. The minimum Gasteiger partial charge on any atom is -0.495 e. The topological polar surface area (TPSA) is 39.1 Å². The molecule has 0 fully saturated rings. The SMILES string of the molecule is COc1ccccc1-n1c(C(F)(F)F)nc2c1CCNC2. The Morgan fingerprint density at radius 3 is 2.76 bits per heavy atom. The number of ether oxygens (including phenoxy) is 1. The summed E-state index contributed by atoms with van der Waals surface area (Å²) in [7, 11) is 1.44. The fraction of sp³-hybridized carbons (Fsp3) is 0.357. The van der Waals surface area contributed by atoms with Crippen LogP contribution in [-0.2, 0) is 19.1 Å². The molecule has 4 nitrogen and oxygen atoms in total. The highest BCUT2D eigenvalue weighted by Crippen LogP contribution is 2.36. The van der Waals surface area contributed by atoms with Crippen molar-refractivity contribution >= 4 is 0 Å². The van der Waals surface area contributed by atoms with Gasteiger partial charge in [0.25, 0.3) is 0 Å². The highest BCUT2D eigenvalue weighted by Gasteiger charge is 2.40. The predicted octanol–water partition coefficient (Wildman–Crippen LogP) is 2.55. The Bertz CT molecular complexity index is 664. The first-order chi connectivity index (χ1) is 10.0. The summed E-state index contributed by atoms with van der Waals surface area (Å²) in [5, 5.41) is 3.04. The maximum Gasteiger partial charge on any atom is 0.450 e. The van der Waals surface area contributed by atoms with Crippen LogP contribution in [0.1, 0.15) is 17.2 Å². The summed E-state index contributed by atoms with van der Waals surface area (Å²) in [5.74, 6) is -0.512. The second kappa shape index (κ2) is 5.07. The Morgan fingerprint density at radius 2 is 2.05 bits per heavy atom. The first-order valence-corrected chi connectivity index (χ1v) is 6.54. The van der Waals surface area contributed by atoms with Crippen LogP contribution in [0.4, 0.5) is 13.2 Å². The zero-order valence-electron chi connectivity index (χ0n) is 11.4. The number of aromatic nitrogens is 2. The number of fused-ring (bicyclic) bond motifs is 1. The summed E-state index contributed by atoms with van der Waals surface area (Å²) < 4.78 is 46.3. The molecule has 0 bridgehead atoms. The highest BCUT2D eigenvalue weighted by atomic mass is 19.4. The van der Waals surface area contributed by atoms with Gasteiger partial charge in [-0.3, -0.25) is 4.57 Å². The van der Waals surface area contributed by atoms with Crippen molar-refractivity contribution in [3.8, 4) is 11.4 Å². The van der Waals surface area contributed by atoms with Crippen molar-refractivity contribution in [2.24, 2.45) is 0 Å². The molecule has 0 unspecified atom stereocenters. The molecule has 0 aliphatic carbocycles. The summed E-state index contributed by atoms with van der Waals surface area (Å²) >= 11 is 0. The summed E-state index contributed by atoms with van der Waals surface area (Å²) in [6, 6.07) is 6.66. The minimum absolute atomic E-state index is 0.348. The van der Waals surface area contributed by atoms with Gasteiger partial charge in [-0.15, -0.1) is 0 Å². The monoisotopic (exact) mass is 297 g/mol. The maximum atomic E-state index is 13.3. The lowest BCUT2D eigenvalue weighted by Gasteiger charge is -2.18. The molecule has 0 radical (unpaired) electrons. The molecule has 0 spiro atoms. The van der Waals surface area contributed by atoms with E-state index in [0.717, 1.165) is 0 Å². The van der Waals surface area contributed by atoms with Gasteiger partial charge in [-0.05, 0) is 12.1 Å². The summed E-state index contributed by atoms with van der Waals surface area (Å²) in [6.45, 7) is 0.978. The second-order valence-corrected chi connectivity index (χ2v) is 4.76. The first kappa shape index (κ1) is 13.9. The number of nitrogens with zero attached hydrogens (tertiary/aromatic N) is 2. The zero-order valence-corrected chi connectivity index (χ0v) is 11.4. The number of halogens is 3. The van der Waals surface area contributed by atoms with Gasteiger partial charge in [0.1, 0.15) is 5.75 Å². The van der Waals surface area contributed by atoms with Crippen molar-refractivity contribution in [2.45, 2.75) is 19.1 Å². The van der Waals surface area contributed by atoms with Crippen LogP contribution in [0.15, 0.2) is 24.3 Å². The Labute approximate surface area is 119 Å². The number of hydrogen-bond acceptors (Lipinski definition) is 3. The van der Waals surface area contributed by atoms with E-state index in [1.807, 2.05) is 0 Å². The van der Waals surface area contributed by atoms with Crippen molar-refractivity contribution in [1.29, 1.82) is 0 Å². The van der Waals surface area contributed by atoms with Gasteiger partial charge in [0, 0.05) is 25.2 Å². The van der Waals surface area contributed by atoms with E-state index in [4.69, 9.17) is 4.74 Å². The lowest BCUT2D eigenvalue weighted by Crippen LogP contribution is -2.25. The fourth-order valence-corrected chi connectivity index (χ4v) is 2.57. The minimum atomic E-state index is -4.52. The highest BCUT2D eigenvalue weighted by molar-refractivity contribution is 5.50. The van der Waals surface area contributed by atoms with Crippen molar-refractivity contribution in [2.75, 3.05) is 13.7 Å². The Kier molecular flexibility index (Phi) is 3.36. The number of methoxy groups -OCH3 is 1. The van der Waals surface area contributed by atoms with Crippen molar-refractivity contribution in [3.05, 3.63) is 41.5 Å². The number of alkyl halides is 3. The molecule has 0 saturated heterocycles. The molecule has 1 aromatic heterocycles. The van der Waals surface area contributed by atoms with E-state index in [9.17, 15) is 13.2 Å². The van der Waals surface area contributed by atoms with E-state index in [0.29, 0.717) is 42.3 Å². The van der Waals surface area contributed by atoms with Crippen LogP contribution in [0.2, 0.25) is 0 Å². The second-order valence-electron chi connectivity index (χ2n) is 4.76. The predicted molar refractivity (Wildman–Crippen MR) is 70.5 cm³/mol. The third-order valence-corrected chi connectivity index (χ3v) is 3.47. The van der Waals surface area contributed by atoms with Crippen LogP contribution in [0.25, 0.3) is 5.69 Å². The number of benzene rings is 1. The fourth-order valence-electron chi connectivity index (χ4n) is 2.57. The van der Waals surface area contributed by atoms with Gasteiger partial charge in [0.15, 0.2) is 0 Å². The number of nitrogens with one attached hydrogen (secondary N) is 1. The molecule has 0 atom stereocenters. The van der Waals surface area contributed by atoms with Crippen LogP contribution < -0.4 is 10.1 Å². The Balaban J connectivity index is 2.27. The number of rotatable bonds is 2. The molecule has 0 saturated carbocycles. The van der Waals surface area contributed by atoms with E-state index >= 15 is 0 Å².